The molecule has 1 aromatic rings. The lowest BCUT2D eigenvalue weighted by Gasteiger charge is -2.24. The van der Waals surface area contributed by atoms with Crippen LogP contribution in [-0.2, 0) is 4.79 Å². The number of hydrogen-bond donors (Lipinski definition) is 3. The molecule has 1 fully saturated rings. The first-order chi connectivity index (χ1) is 8.03. The largest absolute Gasteiger partial charge is 0.479 e. The third-order valence-corrected chi connectivity index (χ3v) is 4.08. The van der Waals surface area contributed by atoms with E-state index in [0.29, 0.717) is 17.2 Å². The summed E-state index contributed by atoms with van der Waals surface area (Å²) in [7, 11) is 0. The van der Waals surface area contributed by atoms with Crippen LogP contribution in [0.3, 0.4) is 0 Å². The highest BCUT2D eigenvalue weighted by Crippen LogP contribution is 2.28. The van der Waals surface area contributed by atoms with Gasteiger partial charge in [-0.3, -0.25) is 4.79 Å². The molecule has 1 aliphatic heterocycles. The quantitative estimate of drug-likeness (QED) is 0.777. The van der Waals surface area contributed by atoms with Crippen molar-refractivity contribution in [2.75, 3.05) is 11.5 Å². The molecule has 0 radical (unpaired) electrons. The minimum Gasteiger partial charge on any atom is -0.479 e. The van der Waals surface area contributed by atoms with Gasteiger partial charge >= 0.3 is 5.97 Å². The molecule has 7 heteroatoms. The van der Waals surface area contributed by atoms with Crippen LogP contribution in [0, 0.1) is 0 Å². The molecule has 0 bridgehead atoms. The number of nitrogens with one attached hydrogen (secondary N) is 2. The van der Waals surface area contributed by atoms with Gasteiger partial charge in [0.05, 0.1) is 5.02 Å². The molecular weight excluding hydrogens is 264 g/mol. The summed E-state index contributed by atoms with van der Waals surface area (Å²) >= 11 is 7.21. The number of amides is 1. The Morgan fingerprint density at radius 1 is 1.59 bits per heavy atom. The van der Waals surface area contributed by atoms with Gasteiger partial charge in [-0.25, -0.2) is 4.79 Å². The van der Waals surface area contributed by atoms with Crippen LogP contribution in [-0.4, -0.2) is 39.0 Å². The average molecular weight is 275 g/mol. The Hall–Kier alpha value is -1.14. The zero-order valence-corrected chi connectivity index (χ0v) is 10.4. The molecule has 17 heavy (non-hydrogen) atoms. The standard InChI is InChI=1S/C10H11ClN2O3S/c11-6-3-7(12-4-6)8(14)13-10(9(15)16)1-2-17-5-10/h3-4,12H,1-2,5H2,(H,13,14)(H,15,16)/t10-/m1/s1. The number of H-pyrrole nitrogens is 1. The topological polar surface area (TPSA) is 82.2 Å². The average Bonchev–Trinajstić information content (AvgIpc) is 2.87. The van der Waals surface area contributed by atoms with E-state index in [4.69, 9.17) is 11.6 Å². The summed E-state index contributed by atoms with van der Waals surface area (Å²) in [6.07, 6.45) is 1.92. The molecule has 0 aliphatic carbocycles. The first-order valence-corrected chi connectivity index (χ1v) is 6.54. The van der Waals surface area contributed by atoms with E-state index in [1.807, 2.05) is 0 Å². The second kappa shape index (κ2) is 4.62. The van der Waals surface area contributed by atoms with E-state index in [2.05, 4.69) is 10.3 Å². The van der Waals surface area contributed by atoms with E-state index in [1.54, 1.807) is 0 Å². The van der Waals surface area contributed by atoms with Gasteiger partial charge in [0, 0.05) is 11.9 Å². The molecule has 1 aliphatic rings. The SMILES string of the molecule is O=C(N[C@]1(C(=O)O)CCSC1)c1cc(Cl)c[nH]1. The maximum Gasteiger partial charge on any atom is 0.330 e. The molecule has 2 heterocycles. The third-order valence-electron chi connectivity index (χ3n) is 2.68. The van der Waals surface area contributed by atoms with Crippen molar-refractivity contribution in [1.82, 2.24) is 10.3 Å². The summed E-state index contributed by atoms with van der Waals surface area (Å²) in [5.41, 5.74) is -0.883. The molecule has 1 atom stereocenters. The fourth-order valence-corrected chi connectivity index (χ4v) is 3.16. The number of carbonyl (C=O) groups excluding carboxylic acids is 1. The fourth-order valence-electron chi connectivity index (χ4n) is 1.67. The lowest BCUT2D eigenvalue weighted by Crippen LogP contribution is -2.54. The number of aromatic amines is 1. The van der Waals surface area contributed by atoms with E-state index in [0.717, 1.165) is 5.75 Å². The number of aliphatic carboxylic acids is 1. The van der Waals surface area contributed by atoms with Crippen molar-refractivity contribution < 1.29 is 14.7 Å². The molecule has 1 saturated heterocycles. The molecule has 1 amide bonds. The van der Waals surface area contributed by atoms with Gasteiger partial charge in [0.25, 0.3) is 5.91 Å². The van der Waals surface area contributed by atoms with Gasteiger partial charge in [-0.15, -0.1) is 0 Å². The third kappa shape index (κ3) is 2.42. The highest BCUT2D eigenvalue weighted by Gasteiger charge is 2.43. The molecule has 1 aromatic heterocycles. The molecule has 0 aromatic carbocycles. The minimum absolute atomic E-state index is 0.271. The van der Waals surface area contributed by atoms with Crippen LogP contribution in [0.4, 0.5) is 0 Å². The van der Waals surface area contributed by atoms with Crippen LogP contribution in [0.25, 0.3) is 0 Å². The number of carbonyl (C=O) groups is 2. The number of aromatic nitrogens is 1. The summed E-state index contributed by atoms with van der Waals surface area (Å²) in [6.45, 7) is 0. The van der Waals surface area contributed by atoms with Crippen LogP contribution < -0.4 is 5.32 Å². The number of halogens is 1. The zero-order valence-electron chi connectivity index (χ0n) is 8.83. The van der Waals surface area contributed by atoms with E-state index in [9.17, 15) is 14.7 Å². The predicted octanol–water partition coefficient (Wildman–Crippen LogP) is 1.36. The molecule has 3 N–H and O–H groups in total. The number of hydrogen-bond acceptors (Lipinski definition) is 3. The smallest absolute Gasteiger partial charge is 0.330 e. The molecule has 0 unspecified atom stereocenters. The van der Waals surface area contributed by atoms with E-state index >= 15 is 0 Å². The summed E-state index contributed by atoms with van der Waals surface area (Å²) in [5.74, 6) is -0.309. The summed E-state index contributed by atoms with van der Waals surface area (Å²) in [6, 6.07) is 1.47. The van der Waals surface area contributed by atoms with Crippen LogP contribution in [0.15, 0.2) is 12.3 Å². The van der Waals surface area contributed by atoms with Crippen LogP contribution in [0.5, 0.6) is 0 Å². The first-order valence-electron chi connectivity index (χ1n) is 5.01. The van der Waals surface area contributed by atoms with Gasteiger partial charge in [0.2, 0.25) is 0 Å². The first kappa shape index (κ1) is 12.3. The molecule has 5 nitrogen and oxygen atoms in total. The van der Waals surface area contributed by atoms with E-state index in [-0.39, 0.29) is 5.69 Å². The van der Waals surface area contributed by atoms with E-state index in [1.165, 1.54) is 24.0 Å². The van der Waals surface area contributed by atoms with Crippen LogP contribution in [0.1, 0.15) is 16.9 Å². The molecule has 2 rings (SSSR count). The normalized spacial score (nSPS) is 23.6. The lowest BCUT2D eigenvalue weighted by atomic mass is 9.99. The maximum atomic E-state index is 11.9. The zero-order chi connectivity index (χ0) is 12.5. The van der Waals surface area contributed by atoms with Gasteiger partial charge in [0.15, 0.2) is 0 Å². The van der Waals surface area contributed by atoms with Gasteiger partial charge in [-0.2, -0.15) is 11.8 Å². The second-order valence-corrected chi connectivity index (χ2v) is 5.42. The molecular formula is C10H11ClN2O3S. The van der Waals surface area contributed by atoms with Crippen molar-refractivity contribution in [3.8, 4) is 0 Å². The van der Waals surface area contributed by atoms with Gasteiger partial charge < -0.3 is 15.4 Å². The Bertz CT molecular complexity index is 454. The van der Waals surface area contributed by atoms with Crippen molar-refractivity contribution in [1.29, 1.82) is 0 Å². The maximum absolute atomic E-state index is 11.9. The Balaban J connectivity index is 2.14. The van der Waals surface area contributed by atoms with Crippen LogP contribution >= 0.6 is 23.4 Å². The summed E-state index contributed by atoms with van der Waals surface area (Å²) in [4.78, 5) is 25.8. The van der Waals surface area contributed by atoms with Crippen molar-refractivity contribution in [2.45, 2.75) is 12.0 Å². The molecule has 92 valence electrons. The van der Waals surface area contributed by atoms with Crippen molar-refractivity contribution in [3.63, 3.8) is 0 Å². The Morgan fingerprint density at radius 3 is 2.82 bits per heavy atom. The van der Waals surface area contributed by atoms with Crippen LogP contribution in [0.2, 0.25) is 5.02 Å². The lowest BCUT2D eigenvalue weighted by molar-refractivity contribution is -0.143. The van der Waals surface area contributed by atoms with Crippen molar-refractivity contribution >= 4 is 35.2 Å². The van der Waals surface area contributed by atoms with E-state index < -0.39 is 17.4 Å². The summed E-state index contributed by atoms with van der Waals surface area (Å²) < 4.78 is 0. The minimum atomic E-state index is -1.15. The number of carboxylic acids is 1. The Kier molecular flexibility index (Phi) is 3.35. The highest BCUT2D eigenvalue weighted by atomic mass is 35.5. The van der Waals surface area contributed by atoms with Gasteiger partial charge in [0.1, 0.15) is 11.2 Å². The summed E-state index contributed by atoms with van der Waals surface area (Å²) in [5, 5.41) is 12.2. The van der Waals surface area contributed by atoms with Gasteiger partial charge in [-0.05, 0) is 18.2 Å². The molecule has 0 saturated carbocycles. The number of carboxylic acid groups (broad SMARTS) is 1. The molecule has 0 spiro atoms. The Morgan fingerprint density at radius 2 is 2.35 bits per heavy atom. The predicted molar refractivity (Wildman–Crippen MR) is 65.6 cm³/mol. The van der Waals surface area contributed by atoms with Gasteiger partial charge in [-0.1, -0.05) is 11.6 Å². The number of rotatable bonds is 3. The van der Waals surface area contributed by atoms with Crippen molar-refractivity contribution in [3.05, 3.63) is 23.0 Å². The second-order valence-electron chi connectivity index (χ2n) is 3.88. The fraction of sp³-hybridized carbons (Fsp3) is 0.400. The monoisotopic (exact) mass is 274 g/mol. The number of thioether (sulfide) groups is 1. The van der Waals surface area contributed by atoms with Crippen molar-refractivity contribution in [2.24, 2.45) is 0 Å². The Labute approximate surface area is 107 Å². The highest BCUT2D eigenvalue weighted by molar-refractivity contribution is 7.99.